The molecule has 0 saturated carbocycles. The first kappa shape index (κ1) is 15.6. The zero-order chi connectivity index (χ0) is 14.4. The Kier molecular flexibility index (Phi) is 5.96. The van der Waals surface area contributed by atoms with Gasteiger partial charge in [-0.05, 0) is 44.9 Å². The number of nitrogens with zero attached hydrogens (tertiary/aromatic N) is 1. The van der Waals surface area contributed by atoms with Crippen molar-refractivity contribution in [3.05, 3.63) is 35.6 Å². The van der Waals surface area contributed by atoms with Crippen LogP contribution in [0.4, 0.5) is 4.39 Å². The smallest absolute Gasteiger partial charge is 0.239 e. The van der Waals surface area contributed by atoms with Crippen molar-refractivity contribution in [1.82, 2.24) is 10.2 Å². The van der Waals surface area contributed by atoms with Crippen LogP contribution < -0.4 is 5.32 Å². The number of likely N-dealkylation sites (N-methyl/N-ethyl adjacent to an activating group) is 1. The third-order valence-corrected chi connectivity index (χ3v) is 3.19. The fraction of sp³-hybridized carbons (Fsp3) is 0.533. The molecule has 0 spiro atoms. The highest BCUT2D eigenvalue weighted by molar-refractivity contribution is 5.81. The standard InChI is InChI=1S/C15H23FN2O/c1-5-18(4)15(19)12(3)17-11(2)9-13-7-6-8-14(16)10-13/h6-8,10-12,17H,5,9H2,1-4H3. The number of benzene rings is 1. The molecular weight excluding hydrogens is 243 g/mol. The van der Waals surface area contributed by atoms with Gasteiger partial charge in [0.05, 0.1) is 6.04 Å². The molecule has 0 fully saturated rings. The number of carbonyl (C=O) groups excluding carboxylic acids is 1. The molecule has 1 rings (SSSR count). The highest BCUT2D eigenvalue weighted by Crippen LogP contribution is 2.07. The highest BCUT2D eigenvalue weighted by Gasteiger charge is 2.18. The van der Waals surface area contributed by atoms with E-state index in [1.165, 1.54) is 12.1 Å². The Morgan fingerprint density at radius 1 is 1.42 bits per heavy atom. The summed E-state index contributed by atoms with van der Waals surface area (Å²) in [5, 5.41) is 3.25. The van der Waals surface area contributed by atoms with Gasteiger partial charge in [-0.2, -0.15) is 0 Å². The van der Waals surface area contributed by atoms with E-state index in [9.17, 15) is 9.18 Å². The molecule has 0 aliphatic rings. The van der Waals surface area contributed by atoms with E-state index in [1.54, 1.807) is 18.0 Å². The van der Waals surface area contributed by atoms with Crippen LogP contribution in [0.25, 0.3) is 0 Å². The summed E-state index contributed by atoms with van der Waals surface area (Å²) < 4.78 is 13.1. The Hall–Kier alpha value is -1.42. The molecule has 1 amide bonds. The fourth-order valence-electron chi connectivity index (χ4n) is 2.06. The summed E-state index contributed by atoms with van der Waals surface area (Å²) in [7, 11) is 1.79. The minimum atomic E-state index is -0.228. The number of amides is 1. The van der Waals surface area contributed by atoms with Gasteiger partial charge in [0.1, 0.15) is 5.82 Å². The van der Waals surface area contributed by atoms with Crippen molar-refractivity contribution in [2.75, 3.05) is 13.6 Å². The maximum atomic E-state index is 13.1. The average Bonchev–Trinajstić information content (AvgIpc) is 2.36. The molecule has 3 nitrogen and oxygen atoms in total. The van der Waals surface area contributed by atoms with Crippen LogP contribution in [0.3, 0.4) is 0 Å². The normalized spacial score (nSPS) is 13.9. The molecule has 0 heterocycles. The molecule has 0 aliphatic heterocycles. The van der Waals surface area contributed by atoms with Crippen molar-refractivity contribution in [3.63, 3.8) is 0 Å². The number of carbonyl (C=O) groups is 1. The van der Waals surface area contributed by atoms with Gasteiger partial charge in [0.15, 0.2) is 0 Å². The second-order valence-electron chi connectivity index (χ2n) is 4.98. The van der Waals surface area contributed by atoms with Crippen molar-refractivity contribution in [2.45, 2.75) is 39.3 Å². The van der Waals surface area contributed by atoms with Crippen LogP contribution in [0.1, 0.15) is 26.3 Å². The number of hydrogen-bond acceptors (Lipinski definition) is 2. The number of hydrogen-bond donors (Lipinski definition) is 1. The lowest BCUT2D eigenvalue weighted by molar-refractivity contribution is -0.131. The van der Waals surface area contributed by atoms with Crippen LogP contribution in [-0.2, 0) is 11.2 Å². The highest BCUT2D eigenvalue weighted by atomic mass is 19.1. The summed E-state index contributed by atoms with van der Waals surface area (Å²) >= 11 is 0. The maximum absolute atomic E-state index is 13.1. The van der Waals surface area contributed by atoms with Crippen LogP contribution >= 0.6 is 0 Å². The van der Waals surface area contributed by atoms with Gasteiger partial charge in [-0.25, -0.2) is 4.39 Å². The van der Waals surface area contributed by atoms with Crippen molar-refractivity contribution in [2.24, 2.45) is 0 Å². The molecule has 0 aliphatic carbocycles. The summed E-state index contributed by atoms with van der Waals surface area (Å²) in [6.45, 7) is 6.50. The molecule has 106 valence electrons. The van der Waals surface area contributed by atoms with Crippen molar-refractivity contribution < 1.29 is 9.18 Å². The molecule has 2 unspecified atom stereocenters. The van der Waals surface area contributed by atoms with Crippen LogP contribution in [0, 0.1) is 5.82 Å². The topological polar surface area (TPSA) is 32.3 Å². The van der Waals surface area contributed by atoms with E-state index in [0.717, 1.165) is 5.56 Å². The quantitative estimate of drug-likeness (QED) is 0.856. The summed E-state index contributed by atoms with van der Waals surface area (Å²) in [5.74, 6) is -0.145. The zero-order valence-corrected chi connectivity index (χ0v) is 12.1. The lowest BCUT2D eigenvalue weighted by Gasteiger charge is -2.24. The van der Waals surface area contributed by atoms with Gasteiger partial charge in [0, 0.05) is 19.6 Å². The van der Waals surface area contributed by atoms with E-state index in [2.05, 4.69) is 5.32 Å². The molecule has 0 bridgehead atoms. The van der Waals surface area contributed by atoms with Crippen molar-refractivity contribution in [1.29, 1.82) is 0 Å². The first-order chi connectivity index (χ1) is 8.93. The van der Waals surface area contributed by atoms with Crippen LogP contribution in [-0.4, -0.2) is 36.5 Å². The number of nitrogens with one attached hydrogen (secondary N) is 1. The Morgan fingerprint density at radius 3 is 2.68 bits per heavy atom. The Balaban J connectivity index is 2.51. The minimum absolute atomic E-state index is 0.0774. The molecule has 4 heteroatoms. The summed E-state index contributed by atoms with van der Waals surface area (Å²) in [6.07, 6.45) is 0.700. The van der Waals surface area contributed by atoms with Gasteiger partial charge < -0.3 is 10.2 Å². The lowest BCUT2D eigenvalue weighted by Crippen LogP contribution is -2.46. The second kappa shape index (κ2) is 7.24. The molecule has 19 heavy (non-hydrogen) atoms. The zero-order valence-electron chi connectivity index (χ0n) is 12.1. The molecule has 0 aromatic heterocycles. The van der Waals surface area contributed by atoms with E-state index >= 15 is 0 Å². The van der Waals surface area contributed by atoms with Gasteiger partial charge in [0.25, 0.3) is 0 Å². The molecule has 2 atom stereocenters. The van der Waals surface area contributed by atoms with Crippen LogP contribution in [0.15, 0.2) is 24.3 Å². The van der Waals surface area contributed by atoms with Crippen LogP contribution in [0.5, 0.6) is 0 Å². The van der Waals surface area contributed by atoms with E-state index in [-0.39, 0.29) is 23.8 Å². The maximum Gasteiger partial charge on any atom is 0.239 e. The SMILES string of the molecule is CCN(C)C(=O)C(C)NC(C)Cc1cccc(F)c1. The van der Waals surface area contributed by atoms with E-state index in [4.69, 9.17) is 0 Å². The van der Waals surface area contributed by atoms with Crippen molar-refractivity contribution in [3.8, 4) is 0 Å². The predicted octanol–water partition coefficient (Wildman–Crippen LogP) is 2.21. The first-order valence-corrected chi connectivity index (χ1v) is 6.69. The van der Waals surface area contributed by atoms with Gasteiger partial charge in [-0.1, -0.05) is 12.1 Å². The summed E-state index contributed by atoms with van der Waals surface area (Å²) in [6, 6.07) is 6.45. The third kappa shape index (κ3) is 4.99. The van der Waals surface area contributed by atoms with Gasteiger partial charge in [-0.15, -0.1) is 0 Å². The Labute approximate surface area is 114 Å². The largest absolute Gasteiger partial charge is 0.345 e. The third-order valence-electron chi connectivity index (χ3n) is 3.19. The number of rotatable bonds is 6. The van der Waals surface area contributed by atoms with E-state index in [1.807, 2.05) is 26.8 Å². The average molecular weight is 266 g/mol. The Bertz CT molecular complexity index is 422. The van der Waals surface area contributed by atoms with E-state index in [0.29, 0.717) is 13.0 Å². The first-order valence-electron chi connectivity index (χ1n) is 6.69. The molecule has 1 aromatic rings. The summed E-state index contributed by atoms with van der Waals surface area (Å²) in [5.41, 5.74) is 0.934. The predicted molar refractivity (Wildman–Crippen MR) is 75.5 cm³/mol. The van der Waals surface area contributed by atoms with E-state index < -0.39 is 0 Å². The second-order valence-corrected chi connectivity index (χ2v) is 4.98. The Morgan fingerprint density at radius 2 is 2.11 bits per heavy atom. The van der Waals surface area contributed by atoms with Gasteiger partial charge >= 0.3 is 0 Å². The van der Waals surface area contributed by atoms with Gasteiger partial charge in [-0.3, -0.25) is 4.79 Å². The minimum Gasteiger partial charge on any atom is -0.345 e. The van der Waals surface area contributed by atoms with Crippen LogP contribution in [0.2, 0.25) is 0 Å². The lowest BCUT2D eigenvalue weighted by atomic mass is 10.1. The number of halogens is 1. The summed E-state index contributed by atoms with van der Waals surface area (Å²) in [4.78, 5) is 13.6. The fourth-order valence-corrected chi connectivity index (χ4v) is 2.06. The molecule has 0 radical (unpaired) electrons. The molecule has 0 saturated heterocycles. The molecule has 1 N–H and O–H groups in total. The van der Waals surface area contributed by atoms with Gasteiger partial charge in [0.2, 0.25) is 5.91 Å². The monoisotopic (exact) mass is 266 g/mol. The molecular formula is C15H23FN2O. The molecule has 1 aromatic carbocycles. The van der Waals surface area contributed by atoms with Crippen molar-refractivity contribution >= 4 is 5.91 Å².